The van der Waals surface area contributed by atoms with E-state index in [1.165, 1.54) is 19.1 Å². The molecule has 82 valence electrons. The van der Waals surface area contributed by atoms with Crippen molar-refractivity contribution in [1.29, 1.82) is 0 Å². The molecule has 1 atom stereocenters. The molecule has 4 N–H and O–H groups in total. The summed E-state index contributed by atoms with van der Waals surface area (Å²) in [5.41, 5.74) is 4.12. The van der Waals surface area contributed by atoms with Gasteiger partial charge in [0.25, 0.3) is 0 Å². The van der Waals surface area contributed by atoms with Gasteiger partial charge < -0.3 is 15.9 Å². The Morgan fingerprint density at radius 1 is 1.60 bits per heavy atom. The molecule has 0 amide bonds. The number of nitrogens with two attached hydrogens (primary N) is 1. The number of carboxylic acids is 1. The molecule has 0 spiro atoms. The van der Waals surface area contributed by atoms with Gasteiger partial charge in [-0.2, -0.15) is 0 Å². The molecule has 1 unspecified atom stereocenters. The van der Waals surface area contributed by atoms with E-state index in [2.05, 4.69) is 0 Å². The van der Waals surface area contributed by atoms with Crippen LogP contribution in [-0.2, 0) is 11.2 Å². The highest BCUT2D eigenvalue weighted by atomic mass is 18.2. The third-order valence-corrected chi connectivity index (χ3v) is 2.08. The van der Waals surface area contributed by atoms with E-state index in [1.807, 2.05) is 0 Å². The lowest BCUT2D eigenvalue weighted by Gasteiger charge is -2.19. The van der Waals surface area contributed by atoms with Gasteiger partial charge in [0, 0.05) is 12.5 Å². The SMILES string of the molecule is CC(N)(Cc1ccc(O)cc1[18F])C(=O)O. The van der Waals surface area contributed by atoms with Crippen LogP contribution in [0, 0.1) is 5.82 Å². The number of carbonyl (C=O) groups is 1. The Hall–Kier alpha value is -1.62. The molecule has 0 aromatic heterocycles. The number of hydrogen-bond acceptors (Lipinski definition) is 3. The van der Waals surface area contributed by atoms with Crippen LogP contribution >= 0.6 is 0 Å². The average molecular weight is 212 g/mol. The molecule has 0 radical (unpaired) electrons. The molecule has 0 aliphatic heterocycles. The molecular formula is C10H12FNO3. The minimum Gasteiger partial charge on any atom is -0.508 e. The number of benzene rings is 1. The van der Waals surface area contributed by atoms with Crippen LogP contribution in [-0.4, -0.2) is 21.7 Å². The van der Waals surface area contributed by atoms with E-state index in [9.17, 15) is 9.18 Å². The quantitative estimate of drug-likeness (QED) is 0.694. The maximum absolute atomic E-state index is 13.2. The standard InChI is InChI=1S/C10H12FNO3/c1-10(12,9(14)15)5-6-2-3-7(13)4-8(6)11/h2-4,13H,5,12H2,1H3,(H,14,15)/i11-1. The van der Waals surface area contributed by atoms with E-state index in [4.69, 9.17) is 15.9 Å². The predicted molar refractivity (Wildman–Crippen MR) is 52.0 cm³/mol. The van der Waals surface area contributed by atoms with Crippen molar-refractivity contribution in [1.82, 2.24) is 0 Å². The molecule has 0 bridgehead atoms. The van der Waals surface area contributed by atoms with Crippen molar-refractivity contribution in [3.05, 3.63) is 29.6 Å². The minimum atomic E-state index is -1.52. The van der Waals surface area contributed by atoms with E-state index >= 15 is 0 Å². The van der Waals surface area contributed by atoms with Crippen LogP contribution in [0.4, 0.5) is 4.39 Å². The van der Waals surface area contributed by atoms with Gasteiger partial charge in [-0.05, 0) is 18.6 Å². The highest BCUT2D eigenvalue weighted by Gasteiger charge is 2.29. The number of phenolic OH excluding ortho intramolecular Hbond substituents is 1. The van der Waals surface area contributed by atoms with Crippen LogP contribution in [0.15, 0.2) is 18.2 Å². The number of carboxylic acid groups (broad SMARTS) is 1. The summed E-state index contributed by atoms with van der Waals surface area (Å²) in [6.07, 6.45) is -0.131. The topological polar surface area (TPSA) is 83.5 Å². The Labute approximate surface area is 86.1 Å². The predicted octanol–water partition coefficient (Wildman–Crippen LogP) is 0.876. The van der Waals surface area contributed by atoms with Crippen LogP contribution in [0.2, 0.25) is 0 Å². The van der Waals surface area contributed by atoms with Gasteiger partial charge in [0.05, 0.1) is 0 Å². The fourth-order valence-electron chi connectivity index (χ4n) is 1.15. The van der Waals surface area contributed by atoms with Gasteiger partial charge in [-0.3, -0.25) is 4.79 Å². The highest BCUT2D eigenvalue weighted by molar-refractivity contribution is 5.78. The Bertz CT molecular complexity index is 390. The zero-order valence-corrected chi connectivity index (χ0v) is 8.20. The smallest absolute Gasteiger partial charge is 0.323 e. The molecule has 0 saturated carbocycles. The summed E-state index contributed by atoms with van der Waals surface area (Å²) in [6.45, 7) is 1.31. The summed E-state index contributed by atoms with van der Waals surface area (Å²) < 4.78 is 13.2. The van der Waals surface area contributed by atoms with E-state index in [1.54, 1.807) is 0 Å². The minimum absolute atomic E-state index is 0.131. The van der Waals surface area contributed by atoms with Crippen molar-refractivity contribution in [2.24, 2.45) is 5.73 Å². The third-order valence-electron chi connectivity index (χ3n) is 2.08. The summed E-state index contributed by atoms with van der Waals surface area (Å²) in [5, 5.41) is 17.7. The van der Waals surface area contributed by atoms with Crippen molar-refractivity contribution >= 4 is 5.97 Å². The maximum Gasteiger partial charge on any atom is 0.323 e. The van der Waals surface area contributed by atoms with Crippen LogP contribution in [0.3, 0.4) is 0 Å². The van der Waals surface area contributed by atoms with Gasteiger partial charge in [0.1, 0.15) is 17.1 Å². The molecule has 0 aliphatic rings. The van der Waals surface area contributed by atoms with Crippen LogP contribution in [0.5, 0.6) is 5.75 Å². The number of halogens is 1. The van der Waals surface area contributed by atoms with Crippen molar-refractivity contribution in [2.45, 2.75) is 18.9 Å². The van der Waals surface area contributed by atoms with Gasteiger partial charge in [-0.15, -0.1) is 0 Å². The summed E-state index contributed by atoms with van der Waals surface area (Å²) in [5.74, 6) is -2.06. The zero-order valence-electron chi connectivity index (χ0n) is 8.20. The molecule has 1 aromatic rings. The van der Waals surface area contributed by atoms with Crippen LogP contribution < -0.4 is 5.73 Å². The summed E-state index contributed by atoms with van der Waals surface area (Å²) >= 11 is 0. The Balaban J connectivity index is 2.95. The number of hydrogen-bond donors (Lipinski definition) is 3. The Kier molecular flexibility index (Phi) is 2.95. The second-order valence-corrected chi connectivity index (χ2v) is 3.68. The number of rotatable bonds is 3. The maximum atomic E-state index is 13.2. The molecule has 5 heteroatoms. The van der Waals surface area contributed by atoms with Crippen molar-refractivity contribution in [3.63, 3.8) is 0 Å². The average Bonchev–Trinajstić information content (AvgIpc) is 2.09. The first-order valence-electron chi connectivity index (χ1n) is 4.32. The number of aliphatic carboxylic acids is 1. The van der Waals surface area contributed by atoms with Crippen LogP contribution in [0.1, 0.15) is 12.5 Å². The van der Waals surface area contributed by atoms with E-state index in [0.717, 1.165) is 6.07 Å². The van der Waals surface area contributed by atoms with Crippen molar-refractivity contribution in [2.75, 3.05) is 0 Å². The molecule has 1 aromatic carbocycles. The first-order chi connectivity index (χ1) is 6.83. The highest BCUT2D eigenvalue weighted by Crippen LogP contribution is 2.19. The molecular weight excluding hydrogens is 200 g/mol. The van der Waals surface area contributed by atoms with Gasteiger partial charge >= 0.3 is 5.97 Å². The first-order valence-corrected chi connectivity index (χ1v) is 4.32. The number of aromatic hydroxyl groups is 1. The lowest BCUT2D eigenvalue weighted by atomic mass is 9.94. The van der Waals surface area contributed by atoms with E-state index < -0.39 is 17.3 Å². The molecule has 0 aliphatic carbocycles. The summed E-state index contributed by atoms with van der Waals surface area (Å²) in [4.78, 5) is 10.7. The monoisotopic (exact) mass is 212 g/mol. The van der Waals surface area contributed by atoms with Crippen molar-refractivity contribution < 1.29 is 19.4 Å². The van der Waals surface area contributed by atoms with E-state index in [0.29, 0.717) is 0 Å². The molecule has 0 saturated heterocycles. The first kappa shape index (κ1) is 11.5. The molecule has 1 rings (SSSR count). The number of phenols is 1. The Morgan fingerprint density at radius 3 is 2.67 bits per heavy atom. The molecule has 0 fully saturated rings. The van der Waals surface area contributed by atoms with Gasteiger partial charge in [0.2, 0.25) is 0 Å². The van der Waals surface area contributed by atoms with Crippen LogP contribution in [0.25, 0.3) is 0 Å². The summed E-state index contributed by atoms with van der Waals surface area (Å²) in [6, 6.07) is 3.53. The molecule has 15 heavy (non-hydrogen) atoms. The fourth-order valence-corrected chi connectivity index (χ4v) is 1.15. The molecule has 0 heterocycles. The molecule has 4 nitrogen and oxygen atoms in total. The fraction of sp³-hybridized carbons (Fsp3) is 0.300. The second-order valence-electron chi connectivity index (χ2n) is 3.68. The second kappa shape index (κ2) is 3.86. The normalized spacial score (nSPS) is 14.6. The van der Waals surface area contributed by atoms with Gasteiger partial charge in [-0.25, -0.2) is 4.39 Å². The zero-order chi connectivity index (χ0) is 11.6. The van der Waals surface area contributed by atoms with E-state index in [-0.39, 0.29) is 17.7 Å². The van der Waals surface area contributed by atoms with Crippen molar-refractivity contribution in [3.8, 4) is 5.75 Å². The lowest BCUT2D eigenvalue weighted by Crippen LogP contribution is -2.47. The Morgan fingerprint density at radius 2 is 2.20 bits per heavy atom. The largest absolute Gasteiger partial charge is 0.508 e. The third kappa shape index (κ3) is 2.66. The summed E-state index contributed by atoms with van der Waals surface area (Å²) in [7, 11) is 0. The van der Waals surface area contributed by atoms with Gasteiger partial charge in [0.15, 0.2) is 0 Å². The lowest BCUT2D eigenvalue weighted by molar-refractivity contribution is -0.142. The van der Waals surface area contributed by atoms with Gasteiger partial charge in [-0.1, -0.05) is 6.07 Å².